The molecule has 0 amide bonds. The summed E-state index contributed by atoms with van der Waals surface area (Å²) in [6.07, 6.45) is 4.46. The number of benzene rings is 1. The molecule has 1 saturated heterocycles. The Bertz CT molecular complexity index is 1010. The van der Waals surface area contributed by atoms with E-state index >= 15 is 0 Å². The highest BCUT2D eigenvalue weighted by atomic mass is 35.5. The molecule has 0 saturated carbocycles. The van der Waals surface area contributed by atoms with E-state index in [9.17, 15) is 10.4 Å². The van der Waals surface area contributed by atoms with Gasteiger partial charge in [0.05, 0.1) is 23.1 Å². The van der Waals surface area contributed by atoms with Crippen LogP contribution >= 0.6 is 11.6 Å². The highest BCUT2D eigenvalue weighted by Gasteiger charge is 2.34. The third-order valence-electron chi connectivity index (χ3n) is 5.33. The van der Waals surface area contributed by atoms with E-state index in [0.717, 1.165) is 5.56 Å². The number of pyridine rings is 1. The van der Waals surface area contributed by atoms with Crippen molar-refractivity contribution in [2.24, 2.45) is 0 Å². The first-order valence-corrected chi connectivity index (χ1v) is 9.84. The van der Waals surface area contributed by atoms with Gasteiger partial charge in [-0.15, -0.1) is 0 Å². The van der Waals surface area contributed by atoms with E-state index in [1.54, 1.807) is 30.6 Å². The lowest BCUT2D eigenvalue weighted by Gasteiger charge is -2.38. The number of hydrogen-bond donors (Lipinski definition) is 1. The smallest absolute Gasteiger partial charge is 0.225 e. The van der Waals surface area contributed by atoms with Gasteiger partial charge in [-0.05, 0) is 48.7 Å². The van der Waals surface area contributed by atoms with Crippen LogP contribution in [0.1, 0.15) is 35.7 Å². The predicted molar refractivity (Wildman–Crippen MR) is 111 cm³/mol. The second-order valence-electron chi connectivity index (χ2n) is 7.12. The normalized spacial score (nSPS) is 16.8. The molecule has 0 spiro atoms. The number of hydrogen-bond acceptors (Lipinski definition) is 6. The SMILES string of the molecule is N#CC(c1ccccn1)c1ccnc(N2CCC(O)(c3ccc(Cl)cc3)CC2)n1. The molecule has 146 valence electrons. The molecule has 7 heteroatoms. The Morgan fingerprint density at radius 2 is 1.76 bits per heavy atom. The average Bonchev–Trinajstić information content (AvgIpc) is 2.76. The van der Waals surface area contributed by atoms with E-state index in [-0.39, 0.29) is 0 Å². The maximum absolute atomic E-state index is 11.1. The maximum atomic E-state index is 11.1. The molecule has 3 heterocycles. The van der Waals surface area contributed by atoms with Crippen LogP contribution < -0.4 is 4.90 Å². The van der Waals surface area contributed by atoms with E-state index in [2.05, 4.69) is 21.0 Å². The second-order valence-corrected chi connectivity index (χ2v) is 7.56. The van der Waals surface area contributed by atoms with Crippen LogP contribution in [0.3, 0.4) is 0 Å². The van der Waals surface area contributed by atoms with Gasteiger partial charge in [-0.3, -0.25) is 4.98 Å². The number of halogens is 1. The molecular formula is C22H20ClN5O. The second kappa shape index (κ2) is 8.16. The molecule has 1 aromatic carbocycles. The van der Waals surface area contributed by atoms with Crippen LogP contribution in [0.25, 0.3) is 0 Å². The van der Waals surface area contributed by atoms with Crippen LogP contribution in [0.4, 0.5) is 5.95 Å². The van der Waals surface area contributed by atoms with Crippen LogP contribution in [0.15, 0.2) is 60.9 Å². The van der Waals surface area contributed by atoms with Crippen molar-refractivity contribution < 1.29 is 5.11 Å². The molecule has 0 aliphatic carbocycles. The molecule has 29 heavy (non-hydrogen) atoms. The first-order chi connectivity index (χ1) is 14.1. The van der Waals surface area contributed by atoms with Crippen molar-refractivity contribution in [3.63, 3.8) is 0 Å². The van der Waals surface area contributed by atoms with Crippen LogP contribution in [-0.4, -0.2) is 33.1 Å². The first-order valence-electron chi connectivity index (χ1n) is 9.46. The minimum absolute atomic E-state index is 0.547. The Kier molecular flexibility index (Phi) is 5.43. The molecule has 3 aromatic rings. The lowest BCUT2D eigenvalue weighted by Crippen LogP contribution is -2.43. The molecule has 1 aliphatic rings. The van der Waals surface area contributed by atoms with Crippen molar-refractivity contribution in [3.8, 4) is 6.07 Å². The van der Waals surface area contributed by atoms with Gasteiger partial charge < -0.3 is 10.0 Å². The maximum Gasteiger partial charge on any atom is 0.225 e. The molecule has 0 radical (unpaired) electrons. The summed E-state index contributed by atoms with van der Waals surface area (Å²) in [5.74, 6) is 0.0191. The van der Waals surface area contributed by atoms with Gasteiger partial charge in [0.1, 0.15) is 5.92 Å². The third-order valence-corrected chi connectivity index (χ3v) is 5.58. The molecule has 0 bridgehead atoms. The van der Waals surface area contributed by atoms with Crippen molar-refractivity contribution in [1.82, 2.24) is 15.0 Å². The van der Waals surface area contributed by atoms with Crippen molar-refractivity contribution >= 4 is 17.5 Å². The van der Waals surface area contributed by atoms with E-state index in [1.165, 1.54) is 0 Å². The Balaban J connectivity index is 1.51. The van der Waals surface area contributed by atoms with Gasteiger partial charge in [-0.1, -0.05) is 29.8 Å². The number of nitriles is 1. The monoisotopic (exact) mass is 405 g/mol. The molecule has 2 aromatic heterocycles. The van der Waals surface area contributed by atoms with Gasteiger partial charge in [0.15, 0.2) is 0 Å². The number of piperidine rings is 1. The average molecular weight is 406 g/mol. The van der Waals surface area contributed by atoms with Crippen LogP contribution in [0.5, 0.6) is 0 Å². The molecule has 1 N–H and O–H groups in total. The summed E-state index contributed by atoms with van der Waals surface area (Å²) in [5, 5.41) is 21.4. The lowest BCUT2D eigenvalue weighted by molar-refractivity contribution is 0.0115. The summed E-state index contributed by atoms with van der Waals surface area (Å²) in [6.45, 7) is 1.23. The standard InChI is InChI=1S/C22H20ClN5O/c23-17-6-4-16(5-7-17)22(29)9-13-28(14-10-22)21-26-12-8-20(27-21)18(15-24)19-3-1-2-11-25-19/h1-8,11-12,18,29H,9-10,13-14H2. The fourth-order valence-electron chi connectivity index (χ4n) is 3.63. The van der Waals surface area contributed by atoms with Gasteiger partial charge in [0, 0.05) is 30.5 Å². The fraction of sp³-hybridized carbons (Fsp3) is 0.273. The summed E-state index contributed by atoms with van der Waals surface area (Å²) in [5.41, 5.74) is 1.27. The predicted octanol–water partition coefficient (Wildman–Crippen LogP) is 3.67. The zero-order valence-corrected chi connectivity index (χ0v) is 16.5. The van der Waals surface area contributed by atoms with E-state index in [0.29, 0.717) is 48.3 Å². The summed E-state index contributed by atoms with van der Waals surface area (Å²) in [4.78, 5) is 15.4. The minimum atomic E-state index is -0.887. The summed E-state index contributed by atoms with van der Waals surface area (Å²) in [6, 6.07) is 16.9. The van der Waals surface area contributed by atoms with Gasteiger partial charge in [-0.2, -0.15) is 5.26 Å². The number of nitrogens with zero attached hydrogens (tertiary/aromatic N) is 5. The zero-order chi connectivity index (χ0) is 20.3. The number of aliphatic hydroxyl groups is 1. The number of anilines is 1. The number of aromatic nitrogens is 3. The third kappa shape index (κ3) is 4.07. The quantitative estimate of drug-likeness (QED) is 0.712. The topological polar surface area (TPSA) is 85.9 Å². The van der Waals surface area contributed by atoms with Crippen molar-refractivity contribution in [2.75, 3.05) is 18.0 Å². The fourth-order valence-corrected chi connectivity index (χ4v) is 3.76. The highest BCUT2D eigenvalue weighted by Crippen LogP contribution is 2.34. The molecule has 1 fully saturated rings. The van der Waals surface area contributed by atoms with Crippen LogP contribution in [0, 0.1) is 11.3 Å². The van der Waals surface area contributed by atoms with Crippen molar-refractivity contribution in [1.29, 1.82) is 5.26 Å². The Morgan fingerprint density at radius 3 is 2.41 bits per heavy atom. The van der Waals surface area contributed by atoms with Crippen LogP contribution in [-0.2, 0) is 5.60 Å². The summed E-state index contributed by atoms with van der Waals surface area (Å²) < 4.78 is 0. The molecular weight excluding hydrogens is 386 g/mol. The van der Waals surface area contributed by atoms with Gasteiger partial charge in [0.25, 0.3) is 0 Å². The largest absolute Gasteiger partial charge is 0.385 e. The molecule has 1 atom stereocenters. The van der Waals surface area contributed by atoms with E-state index in [4.69, 9.17) is 11.6 Å². The Hall–Kier alpha value is -3.01. The molecule has 1 aliphatic heterocycles. The molecule has 4 rings (SSSR count). The zero-order valence-electron chi connectivity index (χ0n) is 15.7. The van der Waals surface area contributed by atoms with Crippen molar-refractivity contribution in [3.05, 3.63) is 82.9 Å². The first kappa shape index (κ1) is 19.3. The van der Waals surface area contributed by atoms with Gasteiger partial charge in [-0.25, -0.2) is 9.97 Å². The van der Waals surface area contributed by atoms with E-state index in [1.807, 2.05) is 35.2 Å². The molecule has 1 unspecified atom stereocenters. The van der Waals surface area contributed by atoms with Crippen molar-refractivity contribution in [2.45, 2.75) is 24.4 Å². The molecule has 6 nitrogen and oxygen atoms in total. The Morgan fingerprint density at radius 1 is 1.00 bits per heavy atom. The van der Waals surface area contributed by atoms with E-state index < -0.39 is 11.5 Å². The Labute approximate surface area is 174 Å². The van der Waals surface area contributed by atoms with Crippen LogP contribution in [0.2, 0.25) is 5.02 Å². The highest BCUT2D eigenvalue weighted by molar-refractivity contribution is 6.30. The minimum Gasteiger partial charge on any atom is -0.385 e. The van der Waals surface area contributed by atoms with Gasteiger partial charge >= 0.3 is 0 Å². The lowest BCUT2D eigenvalue weighted by atomic mass is 9.84. The number of rotatable bonds is 4. The summed E-state index contributed by atoms with van der Waals surface area (Å²) in [7, 11) is 0. The van der Waals surface area contributed by atoms with Gasteiger partial charge in [0.2, 0.25) is 5.95 Å². The summed E-state index contributed by atoms with van der Waals surface area (Å²) >= 11 is 5.96.